The predicted octanol–water partition coefficient (Wildman–Crippen LogP) is 1.95. The van der Waals surface area contributed by atoms with Crippen LogP contribution in [0.1, 0.15) is 25.8 Å². The normalized spacial score (nSPS) is 18.3. The Morgan fingerprint density at radius 2 is 1.68 bits per heavy atom. The molecule has 1 fully saturated rings. The van der Waals surface area contributed by atoms with Gasteiger partial charge in [0.25, 0.3) is 0 Å². The molecule has 0 radical (unpaired) electrons. The Morgan fingerprint density at radius 1 is 1.06 bits per heavy atom. The Morgan fingerprint density at radius 3 is 2.29 bits per heavy atom. The van der Waals surface area contributed by atoms with Gasteiger partial charge in [-0.25, -0.2) is 8.42 Å². The first-order valence-corrected chi connectivity index (χ1v) is 11.9. The highest BCUT2D eigenvalue weighted by atomic mass is 32.2. The monoisotopic (exact) mass is 443 g/mol. The van der Waals surface area contributed by atoms with E-state index in [0.717, 1.165) is 5.56 Å². The van der Waals surface area contributed by atoms with E-state index in [0.29, 0.717) is 19.5 Å². The second-order valence-electron chi connectivity index (χ2n) is 8.30. The van der Waals surface area contributed by atoms with Crippen LogP contribution in [0, 0.1) is 5.92 Å². The molecule has 1 aliphatic rings. The van der Waals surface area contributed by atoms with E-state index >= 15 is 0 Å². The highest BCUT2D eigenvalue weighted by Crippen LogP contribution is 2.14. The molecule has 1 unspecified atom stereocenters. The number of likely N-dealkylation sites (tertiary alicyclic amines) is 1. The van der Waals surface area contributed by atoms with Gasteiger partial charge in [0.15, 0.2) is 5.78 Å². The first-order chi connectivity index (χ1) is 14.7. The number of benzene rings is 2. The molecule has 0 aromatic heterocycles. The lowest BCUT2D eigenvalue weighted by Gasteiger charge is -2.22. The van der Waals surface area contributed by atoms with Gasteiger partial charge < -0.3 is 5.32 Å². The van der Waals surface area contributed by atoms with Gasteiger partial charge in [0.05, 0.1) is 11.4 Å². The molecule has 1 saturated heterocycles. The summed E-state index contributed by atoms with van der Waals surface area (Å²) in [6, 6.07) is 16.2. The number of amides is 1. The molecule has 0 bridgehead atoms. The van der Waals surface area contributed by atoms with Crippen molar-refractivity contribution >= 4 is 21.7 Å². The van der Waals surface area contributed by atoms with Gasteiger partial charge in [-0.1, -0.05) is 62.4 Å². The van der Waals surface area contributed by atoms with E-state index in [4.69, 9.17) is 0 Å². The molecule has 0 spiro atoms. The van der Waals surface area contributed by atoms with Gasteiger partial charge in [0.1, 0.15) is 12.1 Å². The fraction of sp³-hybridized carbons (Fsp3) is 0.391. The van der Waals surface area contributed by atoms with E-state index in [1.54, 1.807) is 18.2 Å². The maximum absolute atomic E-state index is 12.9. The molecule has 1 amide bonds. The van der Waals surface area contributed by atoms with Gasteiger partial charge in [0, 0.05) is 13.1 Å². The molecule has 31 heavy (non-hydrogen) atoms. The number of carbonyl (C=O) groups excluding carboxylic acids is 2. The van der Waals surface area contributed by atoms with Gasteiger partial charge >= 0.3 is 0 Å². The van der Waals surface area contributed by atoms with E-state index in [1.165, 1.54) is 12.1 Å². The lowest BCUT2D eigenvalue weighted by Crippen LogP contribution is -2.52. The maximum atomic E-state index is 12.9. The molecule has 2 N–H and O–H groups in total. The Bertz CT molecular complexity index is 994. The standard InChI is InChI=1S/C23H29N3O4S/c1-17(2)13-20(25-31(29,30)19-11-7-4-8-12-19)23(28)24-21-15-26(16-22(21)27)14-18-9-5-3-6-10-18/h3-12,17,20-21,25H,13-16H2,1-2H3,(H,24,28)/t20-,21?/m0/s1. The van der Waals surface area contributed by atoms with Crippen molar-refractivity contribution in [2.24, 2.45) is 5.92 Å². The molecule has 0 saturated carbocycles. The summed E-state index contributed by atoms with van der Waals surface area (Å²) in [6.07, 6.45) is 0.326. The van der Waals surface area contributed by atoms with E-state index in [2.05, 4.69) is 10.0 Å². The van der Waals surface area contributed by atoms with Gasteiger partial charge in [-0.15, -0.1) is 0 Å². The second kappa shape index (κ2) is 10.2. The topological polar surface area (TPSA) is 95.6 Å². The minimum Gasteiger partial charge on any atom is -0.344 e. The summed E-state index contributed by atoms with van der Waals surface area (Å²) in [6.45, 7) is 5.11. The molecule has 2 aromatic rings. The Kier molecular flexibility index (Phi) is 7.59. The third-order valence-electron chi connectivity index (χ3n) is 5.15. The molecule has 8 heteroatoms. The fourth-order valence-electron chi connectivity index (χ4n) is 3.65. The summed E-state index contributed by atoms with van der Waals surface area (Å²) < 4.78 is 28.0. The van der Waals surface area contributed by atoms with E-state index < -0.39 is 28.0 Å². The van der Waals surface area contributed by atoms with Gasteiger partial charge in [-0.2, -0.15) is 4.72 Å². The molecule has 3 rings (SSSR count). The number of rotatable bonds is 9. The molecule has 2 aromatic carbocycles. The Labute approximate surface area is 183 Å². The second-order valence-corrected chi connectivity index (χ2v) is 10.0. The summed E-state index contributed by atoms with van der Waals surface area (Å²) in [5.41, 5.74) is 1.09. The summed E-state index contributed by atoms with van der Waals surface area (Å²) >= 11 is 0. The fourth-order valence-corrected chi connectivity index (χ4v) is 4.88. The number of Topliss-reactive ketones (excluding diaryl/α,β-unsaturated/α-hetero) is 1. The van der Waals surface area contributed by atoms with E-state index in [-0.39, 0.29) is 23.1 Å². The number of nitrogens with one attached hydrogen (secondary N) is 2. The number of carbonyl (C=O) groups is 2. The van der Waals surface area contributed by atoms with Crippen molar-refractivity contribution in [1.29, 1.82) is 0 Å². The minimum absolute atomic E-state index is 0.0708. The van der Waals surface area contributed by atoms with Crippen LogP contribution in [0.15, 0.2) is 65.6 Å². The SMILES string of the molecule is CC(C)C[C@H](NS(=O)(=O)c1ccccc1)C(=O)NC1CN(Cc2ccccc2)CC1=O. The summed E-state index contributed by atoms with van der Waals surface area (Å²) in [5.74, 6) is -0.463. The highest BCUT2D eigenvalue weighted by Gasteiger charge is 2.34. The molecule has 1 aliphatic heterocycles. The first-order valence-electron chi connectivity index (χ1n) is 10.4. The summed E-state index contributed by atoms with van der Waals surface area (Å²) in [5, 5.41) is 2.77. The lowest BCUT2D eigenvalue weighted by atomic mass is 10.0. The minimum atomic E-state index is -3.85. The average molecular weight is 444 g/mol. The van der Waals surface area contributed by atoms with Crippen LogP contribution in [-0.2, 0) is 26.2 Å². The lowest BCUT2D eigenvalue weighted by molar-refractivity contribution is -0.127. The van der Waals surface area contributed by atoms with Crippen molar-refractivity contribution in [1.82, 2.24) is 14.9 Å². The maximum Gasteiger partial charge on any atom is 0.241 e. The number of hydrogen-bond donors (Lipinski definition) is 2. The highest BCUT2D eigenvalue weighted by molar-refractivity contribution is 7.89. The summed E-state index contributed by atoms with van der Waals surface area (Å²) in [4.78, 5) is 27.5. The first kappa shape index (κ1) is 23.1. The number of sulfonamides is 1. The average Bonchev–Trinajstić information content (AvgIpc) is 3.07. The molecular formula is C23H29N3O4S. The van der Waals surface area contributed by atoms with Crippen LogP contribution in [0.4, 0.5) is 0 Å². The van der Waals surface area contributed by atoms with Gasteiger partial charge in [0.2, 0.25) is 15.9 Å². The third-order valence-corrected chi connectivity index (χ3v) is 6.64. The van der Waals surface area contributed by atoms with Crippen LogP contribution >= 0.6 is 0 Å². The van der Waals surface area contributed by atoms with Gasteiger partial charge in [-0.05, 0) is 30.0 Å². The number of hydrogen-bond acceptors (Lipinski definition) is 5. The Hall–Kier alpha value is -2.55. The van der Waals surface area contributed by atoms with Crippen molar-refractivity contribution < 1.29 is 18.0 Å². The van der Waals surface area contributed by atoms with E-state index in [9.17, 15) is 18.0 Å². The van der Waals surface area contributed by atoms with Crippen LogP contribution in [0.3, 0.4) is 0 Å². The quantitative estimate of drug-likeness (QED) is 0.618. The van der Waals surface area contributed by atoms with Crippen LogP contribution < -0.4 is 10.0 Å². The molecule has 1 heterocycles. The Balaban J connectivity index is 1.65. The van der Waals surface area contributed by atoms with Crippen molar-refractivity contribution in [3.8, 4) is 0 Å². The van der Waals surface area contributed by atoms with E-state index in [1.807, 2.05) is 49.1 Å². The van der Waals surface area contributed by atoms with Crippen LogP contribution in [0.5, 0.6) is 0 Å². The van der Waals surface area contributed by atoms with Crippen molar-refractivity contribution in [2.45, 2.75) is 43.8 Å². The van der Waals surface area contributed by atoms with Crippen molar-refractivity contribution in [2.75, 3.05) is 13.1 Å². The zero-order chi connectivity index (χ0) is 22.4. The number of ketones is 1. The molecule has 2 atom stereocenters. The van der Waals surface area contributed by atoms with Crippen molar-refractivity contribution in [3.05, 3.63) is 66.2 Å². The molecule has 0 aliphatic carbocycles. The largest absolute Gasteiger partial charge is 0.344 e. The number of nitrogens with zero attached hydrogens (tertiary/aromatic N) is 1. The molecule has 7 nitrogen and oxygen atoms in total. The zero-order valence-electron chi connectivity index (χ0n) is 17.8. The predicted molar refractivity (Wildman–Crippen MR) is 119 cm³/mol. The molecule has 166 valence electrons. The summed E-state index contributed by atoms with van der Waals surface area (Å²) in [7, 11) is -3.85. The smallest absolute Gasteiger partial charge is 0.241 e. The van der Waals surface area contributed by atoms with Crippen LogP contribution in [0.25, 0.3) is 0 Å². The zero-order valence-corrected chi connectivity index (χ0v) is 18.6. The van der Waals surface area contributed by atoms with Crippen molar-refractivity contribution in [3.63, 3.8) is 0 Å². The van der Waals surface area contributed by atoms with Crippen LogP contribution in [0.2, 0.25) is 0 Å². The van der Waals surface area contributed by atoms with Gasteiger partial charge in [-0.3, -0.25) is 14.5 Å². The molecular weight excluding hydrogens is 414 g/mol. The third kappa shape index (κ3) is 6.46. The van der Waals surface area contributed by atoms with Crippen LogP contribution in [-0.4, -0.2) is 50.2 Å².